The molecule has 0 radical (unpaired) electrons. The minimum absolute atomic E-state index is 0.424. The second kappa shape index (κ2) is 7.98. The van der Waals surface area contributed by atoms with Crippen LogP contribution in [0.5, 0.6) is 5.75 Å². The fourth-order valence-corrected chi connectivity index (χ4v) is 2.89. The minimum Gasteiger partial charge on any atom is -0.496 e. The van der Waals surface area contributed by atoms with E-state index in [0.29, 0.717) is 6.04 Å². The summed E-state index contributed by atoms with van der Waals surface area (Å²) < 4.78 is 12.2. The van der Waals surface area contributed by atoms with Gasteiger partial charge in [-0.05, 0) is 24.7 Å². The highest BCUT2D eigenvalue weighted by atomic mass is 79.9. The second-order valence-electron chi connectivity index (χ2n) is 4.96. The predicted molar refractivity (Wildman–Crippen MR) is 84.3 cm³/mol. The van der Waals surface area contributed by atoms with E-state index < -0.39 is 0 Å². The van der Waals surface area contributed by atoms with Gasteiger partial charge in [0.2, 0.25) is 0 Å². The number of methoxy groups -OCH3 is 1. The summed E-state index contributed by atoms with van der Waals surface area (Å²) in [6.45, 7) is 7.54. The van der Waals surface area contributed by atoms with E-state index in [4.69, 9.17) is 9.47 Å². The molecule has 4 nitrogen and oxygen atoms in total. The predicted octanol–water partition coefficient (Wildman–Crippen LogP) is 2.27. The molecule has 20 heavy (non-hydrogen) atoms. The molecule has 5 heteroatoms. The van der Waals surface area contributed by atoms with Crippen molar-refractivity contribution >= 4 is 15.9 Å². The number of hydrogen-bond acceptors (Lipinski definition) is 4. The van der Waals surface area contributed by atoms with Crippen molar-refractivity contribution in [3.63, 3.8) is 0 Å². The van der Waals surface area contributed by atoms with Gasteiger partial charge in [0.1, 0.15) is 5.75 Å². The van der Waals surface area contributed by atoms with Crippen molar-refractivity contribution in [1.82, 2.24) is 10.2 Å². The lowest BCUT2D eigenvalue weighted by Gasteiger charge is -2.36. The lowest BCUT2D eigenvalue weighted by molar-refractivity contribution is -0.0110. The number of hydrogen-bond donors (Lipinski definition) is 1. The third-order valence-corrected chi connectivity index (χ3v) is 4.09. The first kappa shape index (κ1) is 15.8. The van der Waals surface area contributed by atoms with Gasteiger partial charge in [-0.25, -0.2) is 0 Å². The zero-order valence-electron chi connectivity index (χ0n) is 12.2. The van der Waals surface area contributed by atoms with Crippen LogP contribution in [0.2, 0.25) is 0 Å². The molecule has 0 aromatic heterocycles. The monoisotopic (exact) mass is 342 g/mol. The van der Waals surface area contributed by atoms with Crippen molar-refractivity contribution in [2.45, 2.75) is 19.5 Å². The van der Waals surface area contributed by atoms with Gasteiger partial charge in [-0.3, -0.25) is 4.90 Å². The number of ether oxygens (including phenoxy) is 2. The summed E-state index contributed by atoms with van der Waals surface area (Å²) in [6.07, 6.45) is 0. The lowest BCUT2D eigenvalue weighted by atomic mass is 10.1. The van der Waals surface area contributed by atoms with Gasteiger partial charge >= 0.3 is 0 Å². The molecule has 1 aromatic carbocycles. The maximum Gasteiger partial charge on any atom is 0.123 e. The van der Waals surface area contributed by atoms with E-state index in [0.717, 1.165) is 49.6 Å². The fraction of sp³-hybridized carbons (Fsp3) is 0.600. The number of morpholine rings is 1. The highest BCUT2D eigenvalue weighted by Crippen LogP contribution is 2.25. The molecular weight excluding hydrogens is 320 g/mol. The molecule has 0 aliphatic carbocycles. The Labute approximate surface area is 129 Å². The van der Waals surface area contributed by atoms with E-state index in [1.807, 2.05) is 12.1 Å². The third-order valence-electron chi connectivity index (χ3n) is 3.60. The summed E-state index contributed by atoms with van der Waals surface area (Å²) in [5.41, 5.74) is 1.21. The standard InChI is InChI=1S/C15H23BrN2O2/c1-3-17-9-14-11-20-7-6-18(14)10-12-8-13(16)4-5-15(12)19-2/h4-5,8,14,17H,3,6-7,9-11H2,1-2H3. The van der Waals surface area contributed by atoms with Crippen LogP contribution in [-0.2, 0) is 11.3 Å². The van der Waals surface area contributed by atoms with Crippen molar-refractivity contribution in [3.8, 4) is 5.75 Å². The van der Waals surface area contributed by atoms with Gasteiger partial charge < -0.3 is 14.8 Å². The van der Waals surface area contributed by atoms with E-state index in [1.54, 1.807) is 7.11 Å². The summed E-state index contributed by atoms with van der Waals surface area (Å²) in [5.74, 6) is 0.946. The molecule has 0 amide bonds. The summed E-state index contributed by atoms with van der Waals surface area (Å²) in [6, 6.07) is 6.59. The first-order valence-corrected chi connectivity index (χ1v) is 7.88. The topological polar surface area (TPSA) is 33.7 Å². The largest absolute Gasteiger partial charge is 0.496 e. The van der Waals surface area contributed by atoms with Crippen molar-refractivity contribution in [2.75, 3.05) is 40.0 Å². The zero-order valence-corrected chi connectivity index (χ0v) is 13.8. The van der Waals surface area contributed by atoms with E-state index in [-0.39, 0.29) is 0 Å². The maximum absolute atomic E-state index is 5.61. The molecule has 1 unspecified atom stereocenters. The molecule has 0 bridgehead atoms. The SMILES string of the molecule is CCNCC1COCCN1Cc1cc(Br)ccc1OC. The molecule has 1 N–H and O–H groups in total. The van der Waals surface area contributed by atoms with Gasteiger partial charge in [0.15, 0.2) is 0 Å². The third kappa shape index (κ3) is 4.19. The first-order valence-electron chi connectivity index (χ1n) is 7.09. The Kier molecular flexibility index (Phi) is 6.29. The molecule has 1 atom stereocenters. The number of nitrogens with zero attached hydrogens (tertiary/aromatic N) is 1. The molecule has 2 rings (SSSR count). The van der Waals surface area contributed by atoms with Gasteiger partial charge in [0, 0.05) is 35.7 Å². The molecular formula is C15H23BrN2O2. The number of rotatable bonds is 6. The van der Waals surface area contributed by atoms with Crippen molar-refractivity contribution < 1.29 is 9.47 Å². The molecule has 1 heterocycles. The van der Waals surface area contributed by atoms with Gasteiger partial charge in [-0.1, -0.05) is 22.9 Å². The van der Waals surface area contributed by atoms with Crippen LogP contribution < -0.4 is 10.1 Å². The van der Waals surface area contributed by atoms with Crippen LogP contribution in [0.1, 0.15) is 12.5 Å². The average molecular weight is 343 g/mol. The summed E-state index contributed by atoms with van der Waals surface area (Å²) in [4.78, 5) is 2.47. The summed E-state index contributed by atoms with van der Waals surface area (Å²) in [7, 11) is 1.72. The van der Waals surface area contributed by atoms with Crippen LogP contribution in [0.15, 0.2) is 22.7 Å². The molecule has 1 fully saturated rings. The van der Waals surface area contributed by atoms with E-state index in [1.165, 1.54) is 5.56 Å². The summed E-state index contributed by atoms with van der Waals surface area (Å²) >= 11 is 3.54. The fourth-order valence-electron chi connectivity index (χ4n) is 2.49. The highest BCUT2D eigenvalue weighted by Gasteiger charge is 2.23. The number of nitrogens with one attached hydrogen (secondary N) is 1. The number of halogens is 1. The average Bonchev–Trinajstić information content (AvgIpc) is 2.47. The van der Waals surface area contributed by atoms with Gasteiger partial charge in [-0.15, -0.1) is 0 Å². The minimum atomic E-state index is 0.424. The maximum atomic E-state index is 5.61. The Hall–Kier alpha value is -0.620. The molecule has 1 aromatic rings. The van der Waals surface area contributed by atoms with Crippen molar-refractivity contribution in [2.24, 2.45) is 0 Å². The van der Waals surface area contributed by atoms with Gasteiger partial charge in [0.25, 0.3) is 0 Å². The van der Waals surface area contributed by atoms with Crippen LogP contribution in [0.25, 0.3) is 0 Å². The quantitative estimate of drug-likeness (QED) is 0.859. The zero-order chi connectivity index (χ0) is 14.4. The van der Waals surface area contributed by atoms with E-state index in [2.05, 4.69) is 39.1 Å². The normalized spacial score (nSPS) is 20.1. The Morgan fingerprint density at radius 1 is 1.50 bits per heavy atom. The Morgan fingerprint density at radius 2 is 2.35 bits per heavy atom. The van der Waals surface area contributed by atoms with Gasteiger partial charge in [0.05, 0.1) is 20.3 Å². The van der Waals surface area contributed by atoms with Crippen molar-refractivity contribution in [1.29, 1.82) is 0 Å². The van der Waals surface area contributed by atoms with Crippen molar-refractivity contribution in [3.05, 3.63) is 28.2 Å². The molecule has 0 spiro atoms. The molecule has 112 valence electrons. The lowest BCUT2D eigenvalue weighted by Crippen LogP contribution is -2.49. The Morgan fingerprint density at radius 3 is 3.10 bits per heavy atom. The van der Waals surface area contributed by atoms with Crippen LogP contribution in [0.3, 0.4) is 0 Å². The number of benzene rings is 1. The van der Waals surface area contributed by atoms with Gasteiger partial charge in [-0.2, -0.15) is 0 Å². The van der Waals surface area contributed by atoms with Crippen LogP contribution in [0.4, 0.5) is 0 Å². The highest BCUT2D eigenvalue weighted by molar-refractivity contribution is 9.10. The molecule has 1 aliphatic rings. The first-order chi connectivity index (χ1) is 9.74. The van der Waals surface area contributed by atoms with Crippen LogP contribution >= 0.6 is 15.9 Å². The smallest absolute Gasteiger partial charge is 0.123 e. The van der Waals surface area contributed by atoms with E-state index >= 15 is 0 Å². The Bertz CT molecular complexity index is 428. The molecule has 1 saturated heterocycles. The second-order valence-corrected chi connectivity index (χ2v) is 5.88. The summed E-state index contributed by atoms with van der Waals surface area (Å²) in [5, 5.41) is 3.41. The Balaban J connectivity index is 2.07. The molecule has 0 saturated carbocycles. The molecule has 1 aliphatic heterocycles. The van der Waals surface area contributed by atoms with Crippen LogP contribution in [0, 0.1) is 0 Å². The van der Waals surface area contributed by atoms with E-state index in [9.17, 15) is 0 Å². The number of likely N-dealkylation sites (N-methyl/N-ethyl adjacent to an activating group) is 1. The van der Waals surface area contributed by atoms with Crippen LogP contribution in [-0.4, -0.2) is 50.9 Å².